The lowest BCUT2D eigenvalue weighted by atomic mass is 9.95. The monoisotopic (exact) mass is 531 g/mol. The highest BCUT2D eigenvalue weighted by atomic mass is 32.1. The van der Waals surface area contributed by atoms with Gasteiger partial charge in [0.05, 0.1) is 17.9 Å². The molecule has 1 aromatic carbocycles. The number of thiophene rings is 1. The van der Waals surface area contributed by atoms with Gasteiger partial charge in [0.15, 0.2) is 0 Å². The molecule has 2 aromatic heterocycles. The Morgan fingerprint density at radius 3 is 2.61 bits per heavy atom. The molecule has 1 aliphatic heterocycles. The molecule has 0 radical (unpaired) electrons. The van der Waals surface area contributed by atoms with Crippen LogP contribution in [0.15, 0.2) is 35.9 Å². The lowest BCUT2D eigenvalue weighted by Crippen LogP contribution is -2.54. The predicted molar refractivity (Wildman–Crippen MR) is 146 cm³/mol. The van der Waals surface area contributed by atoms with Crippen LogP contribution in [-0.2, 0) is 27.2 Å². The lowest BCUT2D eigenvalue weighted by Gasteiger charge is -2.26. The highest BCUT2D eigenvalue weighted by Gasteiger charge is 2.37. The quantitative estimate of drug-likeness (QED) is 0.278. The van der Waals surface area contributed by atoms with Gasteiger partial charge in [0.1, 0.15) is 10.6 Å². The Morgan fingerprint density at radius 1 is 1.11 bits per heavy atom. The second-order valence-electron chi connectivity index (χ2n) is 9.57. The average Bonchev–Trinajstić information content (AvgIpc) is 3.37. The van der Waals surface area contributed by atoms with E-state index in [1.807, 2.05) is 37.5 Å². The number of rotatable bonds is 5. The number of hydrogen-bond donors (Lipinski definition) is 1. The number of imide groups is 2. The third-order valence-electron chi connectivity index (χ3n) is 6.97. The van der Waals surface area contributed by atoms with E-state index in [-0.39, 0.29) is 18.1 Å². The molecule has 196 valence electrons. The van der Waals surface area contributed by atoms with Crippen LogP contribution >= 0.6 is 11.3 Å². The number of aryl methyl sites for hydroxylation is 3. The molecule has 1 N–H and O–H groups in total. The largest absolute Gasteiger partial charge is 0.462 e. The number of aromatic nitrogens is 1. The minimum absolute atomic E-state index is 0.137. The first kappa shape index (κ1) is 25.7. The molecular weight excluding hydrogens is 502 g/mol. The first-order valence-electron chi connectivity index (χ1n) is 12.7. The molecule has 1 fully saturated rings. The smallest absolute Gasteiger partial charge is 0.341 e. The van der Waals surface area contributed by atoms with Crippen molar-refractivity contribution in [2.45, 2.75) is 53.4 Å². The van der Waals surface area contributed by atoms with Gasteiger partial charge in [0.2, 0.25) is 0 Å². The van der Waals surface area contributed by atoms with Crippen molar-refractivity contribution < 1.29 is 23.9 Å². The van der Waals surface area contributed by atoms with Gasteiger partial charge in [-0.15, -0.1) is 11.3 Å². The Bertz CT molecular complexity index is 1530. The number of ether oxygens (including phenoxy) is 1. The number of esters is 1. The number of anilines is 1. The number of nitrogens with one attached hydrogen (secondary N) is 1. The van der Waals surface area contributed by atoms with Crippen molar-refractivity contribution in [3.05, 3.63) is 74.4 Å². The van der Waals surface area contributed by atoms with Gasteiger partial charge in [-0.05, 0) is 94.3 Å². The van der Waals surface area contributed by atoms with Gasteiger partial charge >= 0.3 is 12.0 Å². The van der Waals surface area contributed by atoms with Crippen LogP contribution in [0.4, 0.5) is 10.5 Å². The molecule has 4 amide bonds. The average molecular weight is 532 g/mol. The van der Waals surface area contributed by atoms with Crippen LogP contribution in [-0.4, -0.2) is 35.0 Å². The van der Waals surface area contributed by atoms with E-state index in [1.54, 1.807) is 36.5 Å². The summed E-state index contributed by atoms with van der Waals surface area (Å²) in [5.74, 6) is -1.76. The molecule has 3 aromatic rings. The van der Waals surface area contributed by atoms with Crippen molar-refractivity contribution >= 4 is 46.9 Å². The van der Waals surface area contributed by atoms with Crippen molar-refractivity contribution in [2.24, 2.45) is 0 Å². The van der Waals surface area contributed by atoms with Gasteiger partial charge in [-0.2, -0.15) is 0 Å². The molecule has 0 saturated carbocycles. The van der Waals surface area contributed by atoms with Crippen LogP contribution < -0.4 is 10.2 Å². The van der Waals surface area contributed by atoms with E-state index in [4.69, 9.17) is 4.74 Å². The number of amides is 4. The van der Waals surface area contributed by atoms with Crippen molar-refractivity contribution in [3.63, 3.8) is 0 Å². The molecule has 8 nitrogen and oxygen atoms in total. The summed E-state index contributed by atoms with van der Waals surface area (Å²) in [5, 5.41) is 3.08. The van der Waals surface area contributed by atoms with E-state index in [2.05, 4.69) is 5.32 Å². The van der Waals surface area contributed by atoms with E-state index in [1.165, 1.54) is 11.0 Å². The Hall–Kier alpha value is -3.98. The summed E-state index contributed by atoms with van der Waals surface area (Å²) in [6, 6.07) is 8.08. The molecule has 1 saturated heterocycles. The number of urea groups is 1. The third kappa shape index (κ3) is 4.36. The minimum atomic E-state index is -0.781. The maximum Gasteiger partial charge on any atom is 0.341 e. The van der Waals surface area contributed by atoms with Crippen molar-refractivity contribution in [1.29, 1.82) is 0 Å². The highest BCUT2D eigenvalue weighted by molar-refractivity contribution is 7.15. The molecule has 9 heteroatoms. The fourth-order valence-electron chi connectivity index (χ4n) is 5.18. The Morgan fingerprint density at radius 2 is 1.87 bits per heavy atom. The highest BCUT2D eigenvalue weighted by Crippen LogP contribution is 2.39. The second kappa shape index (κ2) is 10.1. The molecule has 0 atom stereocenters. The first-order chi connectivity index (χ1) is 18.2. The summed E-state index contributed by atoms with van der Waals surface area (Å²) in [7, 11) is 0. The van der Waals surface area contributed by atoms with Crippen molar-refractivity contribution in [1.82, 2.24) is 9.88 Å². The van der Waals surface area contributed by atoms with Gasteiger partial charge in [-0.25, -0.2) is 14.5 Å². The molecule has 3 heterocycles. The summed E-state index contributed by atoms with van der Waals surface area (Å²) in [4.78, 5) is 54.0. The van der Waals surface area contributed by atoms with E-state index in [0.717, 1.165) is 58.1 Å². The van der Waals surface area contributed by atoms with E-state index < -0.39 is 17.8 Å². The number of nitrogens with zero attached hydrogens (tertiary/aromatic N) is 2. The van der Waals surface area contributed by atoms with E-state index >= 15 is 0 Å². The zero-order valence-corrected chi connectivity index (χ0v) is 22.7. The van der Waals surface area contributed by atoms with Crippen LogP contribution in [0.2, 0.25) is 0 Å². The number of carbonyl (C=O) groups excluding carboxylic acids is 4. The van der Waals surface area contributed by atoms with Crippen LogP contribution in [0.3, 0.4) is 0 Å². The maximum absolute atomic E-state index is 13.4. The Balaban J connectivity index is 1.59. The lowest BCUT2D eigenvalue weighted by molar-refractivity contribution is -0.122. The second-order valence-corrected chi connectivity index (χ2v) is 10.7. The number of hydrogen-bond acceptors (Lipinski definition) is 6. The van der Waals surface area contributed by atoms with Crippen molar-refractivity contribution in [2.75, 3.05) is 11.5 Å². The molecule has 0 unspecified atom stereocenters. The summed E-state index contributed by atoms with van der Waals surface area (Å²) in [5.41, 5.74) is 5.09. The molecule has 0 spiro atoms. The molecule has 1 aliphatic carbocycles. The van der Waals surface area contributed by atoms with Gasteiger partial charge in [-0.1, -0.05) is 12.1 Å². The Kier molecular flexibility index (Phi) is 6.79. The van der Waals surface area contributed by atoms with Gasteiger partial charge < -0.3 is 9.30 Å². The zero-order chi connectivity index (χ0) is 27.1. The fourth-order valence-corrected chi connectivity index (χ4v) is 6.67. The molecule has 38 heavy (non-hydrogen) atoms. The molecule has 2 aliphatic rings. The minimum Gasteiger partial charge on any atom is -0.462 e. The third-order valence-corrected chi connectivity index (χ3v) is 8.24. The topological polar surface area (TPSA) is 97.7 Å². The van der Waals surface area contributed by atoms with Crippen molar-refractivity contribution in [3.8, 4) is 5.00 Å². The molecule has 0 bridgehead atoms. The molecular formula is C29H29N3O5S. The fraction of sp³-hybridized carbons (Fsp3) is 0.310. The first-order valence-corrected chi connectivity index (χ1v) is 13.5. The van der Waals surface area contributed by atoms with E-state index in [0.29, 0.717) is 16.8 Å². The summed E-state index contributed by atoms with van der Waals surface area (Å²) in [6.07, 6.45) is 5.41. The zero-order valence-electron chi connectivity index (χ0n) is 21.8. The van der Waals surface area contributed by atoms with Crippen LogP contribution in [0, 0.1) is 20.8 Å². The number of carbonyl (C=O) groups is 4. The van der Waals surface area contributed by atoms with Gasteiger partial charge in [-0.3, -0.25) is 14.9 Å². The Labute approximate surface area is 224 Å². The standard InChI is InChI=1S/C29H29N3O5S/c1-5-37-28(35)24-21-11-6-7-12-23(21)38-27(24)31-17(3)14-19(18(31)4)15-22-25(33)30-29(36)32(26(22)34)20-10-8-9-16(2)13-20/h8-10,13-15H,5-7,11-12H2,1-4H3,(H,30,33,36)/b22-15-. The van der Waals surface area contributed by atoms with Gasteiger partial charge in [0.25, 0.3) is 11.8 Å². The summed E-state index contributed by atoms with van der Waals surface area (Å²) < 4.78 is 7.43. The predicted octanol–water partition coefficient (Wildman–Crippen LogP) is 5.19. The number of barbiturate groups is 1. The maximum atomic E-state index is 13.4. The van der Waals surface area contributed by atoms with E-state index in [9.17, 15) is 19.2 Å². The summed E-state index contributed by atoms with van der Waals surface area (Å²) in [6.45, 7) is 7.76. The van der Waals surface area contributed by atoms with Gasteiger partial charge in [0, 0.05) is 16.3 Å². The van der Waals surface area contributed by atoms with Crippen LogP contribution in [0.1, 0.15) is 63.1 Å². The normalized spacial score (nSPS) is 16.6. The number of benzene rings is 1. The SMILES string of the molecule is CCOC(=O)c1c(-n2c(C)cc(/C=C3/C(=O)NC(=O)N(c4cccc(C)c4)C3=O)c2C)sc2c1CCCC2. The number of fused-ring (bicyclic) bond motifs is 1. The summed E-state index contributed by atoms with van der Waals surface area (Å²) >= 11 is 1.60. The van der Waals surface area contributed by atoms with Crippen LogP contribution in [0.5, 0.6) is 0 Å². The van der Waals surface area contributed by atoms with Crippen LogP contribution in [0.25, 0.3) is 11.1 Å². The molecule has 5 rings (SSSR count).